The zero-order chi connectivity index (χ0) is 19.6. The lowest BCUT2D eigenvalue weighted by atomic mass is 10.3. The molecular formula is C20H31N7S. The Labute approximate surface area is 171 Å². The highest BCUT2D eigenvalue weighted by molar-refractivity contribution is 7.11. The van der Waals surface area contributed by atoms with E-state index in [9.17, 15) is 0 Å². The molecule has 8 heteroatoms. The minimum absolute atomic E-state index is 0.733. The summed E-state index contributed by atoms with van der Waals surface area (Å²) in [7, 11) is 0. The maximum atomic E-state index is 4.70. The topological polar surface area (TPSA) is 68.7 Å². The lowest BCUT2D eigenvalue weighted by molar-refractivity contribution is 0.254. The summed E-state index contributed by atoms with van der Waals surface area (Å²) in [5, 5.41) is 6.79. The Kier molecular flexibility index (Phi) is 8.05. The molecule has 2 aromatic rings. The van der Waals surface area contributed by atoms with Crippen LogP contribution in [-0.4, -0.2) is 66.6 Å². The van der Waals surface area contributed by atoms with Gasteiger partial charge in [0.05, 0.1) is 6.54 Å². The van der Waals surface area contributed by atoms with Gasteiger partial charge in [0.15, 0.2) is 5.96 Å². The van der Waals surface area contributed by atoms with E-state index in [1.54, 1.807) is 0 Å². The molecule has 7 nitrogen and oxygen atoms in total. The number of hydrogen-bond acceptors (Lipinski definition) is 6. The van der Waals surface area contributed by atoms with Crippen molar-refractivity contribution in [2.45, 2.75) is 26.8 Å². The summed E-state index contributed by atoms with van der Waals surface area (Å²) in [4.78, 5) is 20.8. The Bertz CT molecular complexity index is 723. The third kappa shape index (κ3) is 6.45. The highest BCUT2D eigenvalue weighted by atomic mass is 32.1. The van der Waals surface area contributed by atoms with Crippen molar-refractivity contribution >= 4 is 23.2 Å². The van der Waals surface area contributed by atoms with Crippen molar-refractivity contribution in [3.05, 3.63) is 40.3 Å². The van der Waals surface area contributed by atoms with Crippen molar-refractivity contribution < 1.29 is 0 Å². The average molecular weight is 402 g/mol. The van der Waals surface area contributed by atoms with Gasteiger partial charge in [0, 0.05) is 61.4 Å². The third-order valence-electron chi connectivity index (χ3n) is 4.68. The van der Waals surface area contributed by atoms with Crippen LogP contribution in [0.1, 0.15) is 23.1 Å². The fraction of sp³-hybridized carbons (Fsp3) is 0.550. The van der Waals surface area contributed by atoms with E-state index in [1.165, 1.54) is 9.75 Å². The largest absolute Gasteiger partial charge is 0.357 e. The van der Waals surface area contributed by atoms with Crippen molar-refractivity contribution in [1.29, 1.82) is 0 Å². The van der Waals surface area contributed by atoms with Crippen LogP contribution >= 0.6 is 11.3 Å². The second-order valence-electron chi connectivity index (χ2n) is 6.87. The average Bonchev–Trinajstić information content (AvgIpc) is 3.15. The second-order valence-corrected chi connectivity index (χ2v) is 8.24. The molecule has 2 aromatic heterocycles. The summed E-state index contributed by atoms with van der Waals surface area (Å²) < 4.78 is 0. The molecule has 0 amide bonds. The van der Waals surface area contributed by atoms with Crippen LogP contribution in [0, 0.1) is 6.92 Å². The molecule has 0 unspecified atom stereocenters. The fourth-order valence-corrected chi connectivity index (χ4v) is 4.02. The van der Waals surface area contributed by atoms with Crippen molar-refractivity contribution in [1.82, 2.24) is 25.5 Å². The first-order chi connectivity index (χ1) is 13.7. The Hall–Kier alpha value is -2.19. The molecule has 1 saturated heterocycles. The number of nitrogens with zero attached hydrogens (tertiary/aromatic N) is 5. The monoisotopic (exact) mass is 401 g/mol. The Morgan fingerprint density at radius 1 is 1.14 bits per heavy atom. The van der Waals surface area contributed by atoms with Gasteiger partial charge in [-0.1, -0.05) is 0 Å². The van der Waals surface area contributed by atoms with Crippen LogP contribution < -0.4 is 15.5 Å². The fourth-order valence-electron chi connectivity index (χ4n) is 3.20. The van der Waals surface area contributed by atoms with E-state index < -0.39 is 0 Å². The van der Waals surface area contributed by atoms with Gasteiger partial charge in [0.1, 0.15) is 0 Å². The van der Waals surface area contributed by atoms with Crippen LogP contribution in [0.15, 0.2) is 35.6 Å². The van der Waals surface area contributed by atoms with Crippen molar-refractivity contribution in [3.63, 3.8) is 0 Å². The number of guanidine groups is 1. The zero-order valence-corrected chi connectivity index (χ0v) is 17.7. The van der Waals surface area contributed by atoms with Crippen LogP contribution in [0.25, 0.3) is 0 Å². The van der Waals surface area contributed by atoms with Gasteiger partial charge in [0.2, 0.25) is 5.95 Å². The first-order valence-electron chi connectivity index (χ1n) is 10.1. The van der Waals surface area contributed by atoms with Gasteiger partial charge in [-0.25, -0.2) is 15.0 Å². The number of aliphatic imine (C=N–C) groups is 1. The highest BCUT2D eigenvalue weighted by Crippen LogP contribution is 2.15. The molecule has 1 fully saturated rings. The molecular weight excluding hydrogens is 370 g/mol. The van der Waals surface area contributed by atoms with Gasteiger partial charge in [-0.15, -0.1) is 11.3 Å². The molecule has 0 spiro atoms. The minimum Gasteiger partial charge on any atom is -0.357 e. The molecule has 0 bridgehead atoms. The Balaban J connectivity index is 1.35. The van der Waals surface area contributed by atoms with E-state index in [4.69, 9.17) is 4.99 Å². The Morgan fingerprint density at radius 2 is 1.93 bits per heavy atom. The number of piperazine rings is 1. The summed E-state index contributed by atoms with van der Waals surface area (Å²) in [5.41, 5.74) is 0. The number of hydrogen-bond donors (Lipinski definition) is 2. The van der Waals surface area contributed by atoms with Gasteiger partial charge in [-0.05, 0) is 45.0 Å². The summed E-state index contributed by atoms with van der Waals surface area (Å²) in [6, 6.07) is 6.17. The van der Waals surface area contributed by atoms with Gasteiger partial charge in [0.25, 0.3) is 0 Å². The van der Waals surface area contributed by atoms with Crippen LogP contribution in [0.5, 0.6) is 0 Å². The van der Waals surface area contributed by atoms with Gasteiger partial charge in [-0.2, -0.15) is 0 Å². The Morgan fingerprint density at radius 3 is 2.61 bits per heavy atom. The van der Waals surface area contributed by atoms with Crippen molar-refractivity contribution in [2.75, 3.05) is 50.7 Å². The maximum absolute atomic E-state index is 4.70. The molecule has 1 aliphatic heterocycles. The molecule has 0 aliphatic carbocycles. The normalized spacial score (nSPS) is 15.6. The maximum Gasteiger partial charge on any atom is 0.225 e. The van der Waals surface area contributed by atoms with E-state index in [0.29, 0.717) is 0 Å². The van der Waals surface area contributed by atoms with Crippen LogP contribution in [0.2, 0.25) is 0 Å². The van der Waals surface area contributed by atoms with Crippen LogP contribution in [-0.2, 0) is 6.54 Å². The zero-order valence-electron chi connectivity index (χ0n) is 16.9. The molecule has 2 N–H and O–H groups in total. The van der Waals surface area contributed by atoms with Gasteiger partial charge >= 0.3 is 0 Å². The predicted octanol–water partition coefficient (Wildman–Crippen LogP) is 2.11. The minimum atomic E-state index is 0.733. The smallest absolute Gasteiger partial charge is 0.225 e. The SMILES string of the molecule is CCNC(=NCc1ccc(C)s1)NCCCN1CCN(c2ncccn2)CC1. The summed E-state index contributed by atoms with van der Waals surface area (Å²) >= 11 is 1.81. The first-order valence-corrected chi connectivity index (χ1v) is 10.9. The van der Waals surface area contributed by atoms with Gasteiger partial charge in [-0.3, -0.25) is 4.90 Å². The molecule has 28 heavy (non-hydrogen) atoms. The number of thiophene rings is 1. The summed E-state index contributed by atoms with van der Waals surface area (Å²) in [6.45, 7) is 12.0. The molecule has 3 rings (SSSR count). The van der Waals surface area contributed by atoms with E-state index in [0.717, 1.165) is 70.7 Å². The molecule has 1 aliphatic rings. The lowest BCUT2D eigenvalue weighted by Crippen LogP contribution is -2.47. The third-order valence-corrected chi connectivity index (χ3v) is 5.67. The standard InChI is InChI=1S/C20H31N7S/c1-3-21-19(25-16-18-7-6-17(2)28-18)22-10-5-11-26-12-14-27(15-13-26)20-23-8-4-9-24-20/h4,6-9H,3,5,10-16H2,1-2H3,(H2,21,22,25). The molecule has 0 atom stereocenters. The molecule has 0 radical (unpaired) electrons. The number of nitrogens with one attached hydrogen (secondary N) is 2. The van der Waals surface area contributed by atoms with E-state index in [1.807, 2.05) is 29.8 Å². The van der Waals surface area contributed by atoms with Crippen LogP contribution in [0.3, 0.4) is 0 Å². The molecule has 3 heterocycles. The van der Waals surface area contributed by atoms with Gasteiger partial charge < -0.3 is 15.5 Å². The summed E-state index contributed by atoms with van der Waals surface area (Å²) in [5.74, 6) is 1.75. The van der Waals surface area contributed by atoms with Crippen molar-refractivity contribution in [3.8, 4) is 0 Å². The van der Waals surface area contributed by atoms with Crippen molar-refractivity contribution in [2.24, 2.45) is 4.99 Å². The molecule has 0 aromatic carbocycles. The molecule has 152 valence electrons. The lowest BCUT2D eigenvalue weighted by Gasteiger charge is -2.34. The van der Waals surface area contributed by atoms with Crippen LogP contribution in [0.4, 0.5) is 5.95 Å². The van der Waals surface area contributed by atoms with E-state index in [-0.39, 0.29) is 0 Å². The number of rotatable bonds is 8. The number of aryl methyl sites for hydroxylation is 1. The predicted molar refractivity (Wildman–Crippen MR) is 117 cm³/mol. The first kappa shape index (κ1) is 20.5. The second kappa shape index (κ2) is 11.0. The van der Waals surface area contributed by atoms with E-state index >= 15 is 0 Å². The number of aromatic nitrogens is 2. The highest BCUT2D eigenvalue weighted by Gasteiger charge is 2.18. The number of anilines is 1. The quantitative estimate of drug-likeness (QED) is 0.401. The molecule has 0 saturated carbocycles. The van der Waals surface area contributed by atoms with E-state index in [2.05, 4.69) is 56.4 Å². The summed E-state index contributed by atoms with van der Waals surface area (Å²) in [6.07, 6.45) is 4.72.